The molecule has 2 heterocycles. The lowest BCUT2D eigenvalue weighted by molar-refractivity contribution is 0.294. The Bertz CT molecular complexity index is 773. The predicted octanol–water partition coefficient (Wildman–Crippen LogP) is 4.89. The number of fused-ring (bicyclic) bond motifs is 1. The number of hydrogen-bond acceptors (Lipinski definition) is 4. The number of thiophene rings is 1. The molecule has 0 N–H and O–H groups in total. The second-order valence-corrected chi connectivity index (χ2v) is 5.96. The highest BCUT2D eigenvalue weighted by atomic mass is 35.5. The molecule has 6 heteroatoms. The molecule has 0 radical (unpaired) electrons. The summed E-state index contributed by atoms with van der Waals surface area (Å²) >= 11 is 13.6. The van der Waals surface area contributed by atoms with Crippen LogP contribution in [0.15, 0.2) is 29.6 Å². The van der Waals surface area contributed by atoms with Gasteiger partial charge in [-0.15, -0.1) is 11.3 Å². The van der Waals surface area contributed by atoms with E-state index in [1.165, 1.54) is 11.3 Å². The summed E-state index contributed by atoms with van der Waals surface area (Å²) in [5.74, 6) is 1.29. The standard InChI is InChI=1S/C14H10Cl2N2OS/c1-8-2-3-9(15)6-11(8)19-7-12-17-13(16)10-4-5-20-14(10)18-12/h2-6H,7H2,1H3. The lowest BCUT2D eigenvalue weighted by atomic mass is 10.2. The van der Waals surface area contributed by atoms with E-state index < -0.39 is 0 Å². The lowest BCUT2D eigenvalue weighted by Crippen LogP contribution is -2.02. The van der Waals surface area contributed by atoms with Gasteiger partial charge < -0.3 is 4.74 Å². The largest absolute Gasteiger partial charge is 0.485 e. The van der Waals surface area contributed by atoms with Crippen LogP contribution < -0.4 is 4.74 Å². The number of ether oxygens (including phenoxy) is 1. The molecule has 0 aliphatic carbocycles. The normalized spacial score (nSPS) is 10.9. The average Bonchev–Trinajstić information content (AvgIpc) is 2.89. The molecule has 0 atom stereocenters. The second-order valence-electron chi connectivity index (χ2n) is 4.27. The Morgan fingerprint density at radius 2 is 2.05 bits per heavy atom. The van der Waals surface area contributed by atoms with Crippen LogP contribution >= 0.6 is 34.5 Å². The maximum atomic E-state index is 6.12. The number of rotatable bonds is 3. The summed E-state index contributed by atoms with van der Waals surface area (Å²) < 4.78 is 5.72. The van der Waals surface area contributed by atoms with Crippen LogP contribution in [0.25, 0.3) is 10.2 Å². The molecule has 0 bridgehead atoms. The molecule has 1 aromatic carbocycles. The summed E-state index contributed by atoms with van der Waals surface area (Å²) in [6, 6.07) is 7.43. The van der Waals surface area contributed by atoms with Crippen LogP contribution in [0.2, 0.25) is 10.2 Å². The van der Waals surface area contributed by atoms with Gasteiger partial charge in [-0.2, -0.15) is 0 Å². The van der Waals surface area contributed by atoms with Gasteiger partial charge in [-0.3, -0.25) is 0 Å². The monoisotopic (exact) mass is 324 g/mol. The van der Waals surface area contributed by atoms with Crippen LogP contribution in [0, 0.1) is 6.92 Å². The van der Waals surface area contributed by atoms with E-state index >= 15 is 0 Å². The van der Waals surface area contributed by atoms with Gasteiger partial charge in [0.1, 0.15) is 22.3 Å². The quantitative estimate of drug-likeness (QED) is 0.643. The fourth-order valence-electron chi connectivity index (χ4n) is 1.80. The summed E-state index contributed by atoms with van der Waals surface area (Å²) in [6.45, 7) is 2.22. The molecule has 3 nitrogen and oxygen atoms in total. The zero-order valence-corrected chi connectivity index (χ0v) is 12.9. The number of halogens is 2. The third-order valence-corrected chi connectivity index (χ3v) is 4.16. The topological polar surface area (TPSA) is 35.0 Å². The average molecular weight is 325 g/mol. The molecule has 3 aromatic rings. The van der Waals surface area contributed by atoms with Crippen molar-refractivity contribution in [2.24, 2.45) is 0 Å². The van der Waals surface area contributed by atoms with Gasteiger partial charge in [-0.1, -0.05) is 29.3 Å². The van der Waals surface area contributed by atoms with Crippen LogP contribution in [0.5, 0.6) is 5.75 Å². The van der Waals surface area contributed by atoms with E-state index in [2.05, 4.69) is 9.97 Å². The first-order valence-electron chi connectivity index (χ1n) is 5.92. The molecule has 0 aliphatic heterocycles. The summed E-state index contributed by atoms with van der Waals surface area (Å²) in [7, 11) is 0. The second kappa shape index (κ2) is 5.56. The Morgan fingerprint density at radius 1 is 1.20 bits per heavy atom. The number of hydrogen-bond donors (Lipinski definition) is 0. The maximum Gasteiger partial charge on any atom is 0.169 e. The van der Waals surface area contributed by atoms with E-state index in [4.69, 9.17) is 27.9 Å². The van der Waals surface area contributed by atoms with E-state index in [0.717, 1.165) is 21.5 Å². The number of aromatic nitrogens is 2. The summed E-state index contributed by atoms with van der Waals surface area (Å²) in [6.07, 6.45) is 0. The molecule has 0 fully saturated rings. The molecule has 102 valence electrons. The number of benzene rings is 1. The zero-order valence-electron chi connectivity index (χ0n) is 10.6. The Labute approximate surface area is 130 Å². The van der Waals surface area contributed by atoms with Crippen molar-refractivity contribution in [3.63, 3.8) is 0 Å². The Kier molecular flexibility index (Phi) is 3.78. The molecular formula is C14H10Cl2N2OS. The SMILES string of the molecule is Cc1ccc(Cl)cc1OCc1nc(Cl)c2ccsc2n1. The first-order chi connectivity index (χ1) is 9.63. The van der Waals surface area contributed by atoms with E-state index in [1.54, 1.807) is 6.07 Å². The summed E-state index contributed by atoms with van der Waals surface area (Å²) in [4.78, 5) is 9.54. The van der Waals surface area contributed by atoms with Gasteiger partial charge in [0, 0.05) is 10.4 Å². The van der Waals surface area contributed by atoms with Crippen molar-refractivity contribution in [1.82, 2.24) is 9.97 Å². The lowest BCUT2D eigenvalue weighted by Gasteiger charge is -2.09. The molecule has 0 saturated heterocycles. The number of nitrogens with zero attached hydrogens (tertiary/aromatic N) is 2. The van der Waals surface area contributed by atoms with Crippen LogP contribution in [0.4, 0.5) is 0 Å². The van der Waals surface area contributed by atoms with Gasteiger partial charge in [-0.05, 0) is 36.1 Å². The van der Waals surface area contributed by atoms with Crippen molar-refractivity contribution in [3.8, 4) is 5.75 Å². The smallest absolute Gasteiger partial charge is 0.169 e. The highest BCUT2D eigenvalue weighted by Gasteiger charge is 2.08. The predicted molar refractivity (Wildman–Crippen MR) is 82.9 cm³/mol. The third-order valence-electron chi connectivity index (χ3n) is 2.83. The van der Waals surface area contributed by atoms with E-state index in [1.807, 2.05) is 30.5 Å². The van der Waals surface area contributed by atoms with Crippen molar-refractivity contribution >= 4 is 44.8 Å². The van der Waals surface area contributed by atoms with Crippen LogP contribution in [-0.4, -0.2) is 9.97 Å². The van der Waals surface area contributed by atoms with Crippen molar-refractivity contribution in [2.75, 3.05) is 0 Å². The minimum Gasteiger partial charge on any atom is -0.485 e. The van der Waals surface area contributed by atoms with Crippen molar-refractivity contribution in [3.05, 3.63) is 51.2 Å². The molecule has 20 heavy (non-hydrogen) atoms. The van der Waals surface area contributed by atoms with E-state index in [0.29, 0.717) is 16.0 Å². The molecule has 3 rings (SSSR count). The van der Waals surface area contributed by atoms with Gasteiger partial charge in [0.2, 0.25) is 0 Å². The third kappa shape index (κ3) is 2.73. The first kappa shape index (κ1) is 13.6. The Hall–Kier alpha value is -1.36. The Balaban J connectivity index is 1.84. The van der Waals surface area contributed by atoms with E-state index in [9.17, 15) is 0 Å². The van der Waals surface area contributed by atoms with Crippen LogP contribution in [-0.2, 0) is 6.61 Å². The fraction of sp³-hybridized carbons (Fsp3) is 0.143. The van der Waals surface area contributed by atoms with Crippen LogP contribution in [0.3, 0.4) is 0 Å². The Morgan fingerprint density at radius 3 is 2.90 bits per heavy atom. The zero-order chi connectivity index (χ0) is 14.1. The van der Waals surface area contributed by atoms with Gasteiger partial charge in [0.05, 0.1) is 0 Å². The minimum absolute atomic E-state index is 0.259. The van der Waals surface area contributed by atoms with E-state index in [-0.39, 0.29) is 6.61 Å². The molecule has 2 aromatic heterocycles. The van der Waals surface area contributed by atoms with Crippen LogP contribution in [0.1, 0.15) is 11.4 Å². The molecule has 0 spiro atoms. The summed E-state index contributed by atoms with van der Waals surface area (Å²) in [5, 5.41) is 3.91. The molecule has 0 amide bonds. The molecule has 0 saturated carbocycles. The van der Waals surface area contributed by atoms with Gasteiger partial charge in [-0.25, -0.2) is 9.97 Å². The maximum absolute atomic E-state index is 6.12. The minimum atomic E-state index is 0.259. The highest BCUT2D eigenvalue weighted by molar-refractivity contribution is 7.16. The summed E-state index contributed by atoms with van der Waals surface area (Å²) in [5.41, 5.74) is 1.01. The van der Waals surface area contributed by atoms with Crippen molar-refractivity contribution in [2.45, 2.75) is 13.5 Å². The van der Waals surface area contributed by atoms with Gasteiger partial charge >= 0.3 is 0 Å². The molecule has 0 aliphatic rings. The highest BCUT2D eigenvalue weighted by Crippen LogP contribution is 2.26. The van der Waals surface area contributed by atoms with Crippen molar-refractivity contribution < 1.29 is 4.74 Å². The molecule has 0 unspecified atom stereocenters. The van der Waals surface area contributed by atoms with Gasteiger partial charge in [0.15, 0.2) is 5.82 Å². The number of aryl methyl sites for hydroxylation is 1. The molecular weight excluding hydrogens is 315 g/mol. The fourth-order valence-corrected chi connectivity index (χ4v) is 3.05. The van der Waals surface area contributed by atoms with Crippen molar-refractivity contribution in [1.29, 1.82) is 0 Å². The van der Waals surface area contributed by atoms with Gasteiger partial charge in [0.25, 0.3) is 0 Å². The first-order valence-corrected chi connectivity index (χ1v) is 7.55.